The number of nitrogen functional groups attached to an aromatic ring is 1. The third-order valence-corrected chi connectivity index (χ3v) is 7.65. The fourth-order valence-corrected chi connectivity index (χ4v) is 6.76. The molecule has 4 aliphatic rings. The lowest BCUT2D eigenvalue weighted by Crippen LogP contribution is -2.55. The SMILES string of the molecule is Nc1c(NC23CC4CC(CC(C4)C2)C3)ncnc1N(Cc1ccccc1)c1ccccn1. The number of nitrogens with one attached hydrogen (secondary N) is 1. The van der Waals surface area contributed by atoms with Crippen molar-refractivity contribution in [1.29, 1.82) is 0 Å². The Kier molecular flexibility index (Phi) is 4.74. The summed E-state index contributed by atoms with van der Waals surface area (Å²) in [4.78, 5) is 15.9. The van der Waals surface area contributed by atoms with Gasteiger partial charge in [0.25, 0.3) is 0 Å². The minimum absolute atomic E-state index is 0.143. The molecule has 4 aliphatic carbocycles. The number of nitrogens with zero attached hydrogens (tertiary/aromatic N) is 4. The van der Waals surface area contributed by atoms with Crippen molar-refractivity contribution in [3.63, 3.8) is 0 Å². The van der Waals surface area contributed by atoms with Gasteiger partial charge in [0.2, 0.25) is 0 Å². The summed E-state index contributed by atoms with van der Waals surface area (Å²) in [6, 6.07) is 16.3. The first-order chi connectivity index (χ1) is 15.7. The van der Waals surface area contributed by atoms with E-state index in [4.69, 9.17) is 5.73 Å². The fourth-order valence-electron chi connectivity index (χ4n) is 6.76. The largest absolute Gasteiger partial charge is 0.393 e. The van der Waals surface area contributed by atoms with Crippen LogP contribution in [0.15, 0.2) is 61.1 Å². The van der Waals surface area contributed by atoms with E-state index in [1.807, 2.05) is 24.3 Å². The van der Waals surface area contributed by atoms with Crippen LogP contribution in [-0.2, 0) is 6.54 Å². The number of hydrogen-bond donors (Lipinski definition) is 2. The molecule has 32 heavy (non-hydrogen) atoms. The molecule has 164 valence electrons. The molecule has 0 aliphatic heterocycles. The maximum absolute atomic E-state index is 6.75. The second-order valence-corrected chi connectivity index (χ2v) is 10.0. The normalized spacial score (nSPS) is 27.9. The van der Waals surface area contributed by atoms with Crippen LogP contribution >= 0.6 is 0 Å². The molecule has 0 unspecified atom stereocenters. The topological polar surface area (TPSA) is 80.0 Å². The highest BCUT2D eigenvalue weighted by atomic mass is 15.3. The van der Waals surface area contributed by atoms with Gasteiger partial charge in [-0.2, -0.15) is 0 Å². The smallest absolute Gasteiger partial charge is 0.163 e. The zero-order valence-electron chi connectivity index (χ0n) is 18.3. The maximum atomic E-state index is 6.75. The van der Waals surface area contributed by atoms with E-state index in [0.29, 0.717) is 18.1 Å². The lowest BCUT2D eigenvalue weighted by molar-refractivity contribution is 0.0106. The Morgan fingerprint density at radius 2 is 1.56 bits per heavy atom. The zero-order chi connectivity index (χ0) is 21.5. The molecule has 3 N–H and O–H groups in total. The number of anilines is 4. The van der Waals surface area contributed by atoms with Crippen LogP contribution in [0.4, 0.5) is 23.1 Å². The van der Waals surface area contributed by atoms with Crippen LogP contribution in [0.1, 0.15) is 44.1 Å². The Hall–Kier alpha value is -3.15. The third-order valence-electron chi connectivity index (χ3n) is 7.65. The van der Waals surface area contributed by atoms with Crippen LogP contribution in [-0.4, -0.2) is 20.5 Å². The van der Waals surface area contributed by atoms with Gasteiger partial charge < -0.3 is 16.0 Å². The van der Waals surface area contributed by atoms with E-state index in [2.05, 4.69) is 49.4 Å². The molecule has 0 atom stereocenters. The molecule has 0 radical (unpaired) electrons. The number of pyridine rings is 1. The highest BCUT2D eigenvalue weighted by Crippen LogP contribution is 2.56. The molecule has 4 saturated carbocycles. The van der Waals surface area contributed by atoms with Crippen LogP contribution in [0.3, 0.4) is 0 Å². The van der Waals surface area contributed by atoms with Gasteiger partial charge in [0.15, 0.2) is 11.6 Å². The van der Waals surface area contributed by atoms with Crippen molar-refractivity contribution in [3.05, 3.63) is 66.6 Å². The van der Waals surface area contributed by atoms with Crippen LogP contribution in [0, 0.1) is 17.8 Å². The van der Waals surface area contributed by atoms with Gasteiger partial charge in [-0.15, -0.1) is 0 Å². The number of aromatic nitrogens is 3. The lowest BCUT2D eigenvalue weighted by atomic mass is 9.53. The van der Waals surface area contributed by atoms with E-state index in [-0.39, 0.29) is 5.54 Å². The zero-order valence-corrected chi connectivity index (χ0v) is 18.3. The van der Waals surface area contributed by atoms with Gasteiger partial charge in [-0.1, -0.05) is 36.4 Å². The minimum Gasteiger partial charge on any atom is -0.393 e. The average Bonchev–Trinajstić information content (AvgIpc) is 2.79. The van der Waals surface area contributed by atoms with Crippen molar-refractivity contribution in [2.45, 2.75) is 50.6 Å². The first kappa shape index (κ1) is 19.5. The van der Waals surface area contributed by atoms with Gasteiger partial charge in [-0.3, -0.25) is 0 Å². The van der Waals surface area contributed by atoms with Crippen LogP contribution in [0.2, 0.25) is 0 Å². The predicted molar refractivity (Wildman–Crippen MR) is 127 cm³/mol. The average molecular weight is 427 g/mol. The first-order valence-electron chi connectivity index (χ1n) is 11.8. The van der Waals surface area contributed by atoms with Crippen LogP contribution in [0.5, 0.6) is 0 Å². The number of hydrogen-bond acceptors (Lipinski definition) is 6. The van der Waals surface area contributed by atoms with Gasteiger partial charge >= 0.3 is 0 Å². The molecule has 4 fully saturated rings. The molecule has 6 nitrogen and oxygen atoms in total. The van der Waals surface area contributed by atoms with Gasteiger partial charge in [-0.05, 0) is 74.0 Å². The van der Waals surface area contributed by atoms with E-state index in [0.717, 1.165) is 29.4 Å². The summed E-state index contributed by atoms with van der Waals surface area (Å²) in [5, 5.41) is 3.84. The number of rotatable bonds is 6. The molecule has 2 aromatic heterocycles. The van der Waals surface area contributed by atoms with Crippen molar-refractivity contribution in [2.24, 2.45) is 17.8 Å². The van der Waals surface area contributed by atoms with Crippen molar-refractivity contribution >= 4 is 23.1 Å². The predicted octanol–water partition coefficient (Wildman–Crippen LogP) is 5.17. The summed E-state index contributed by atoms with van der Waals surface area (Å²) < 4.78 is 0. The number of nitrogens with two attached hydrogens (primary N) is 1. The molecule has 0 spiro atoms. The van der Waals surface area contributed by atoms with Gasteiger partial charge in [-0.25, -0.2) is 15.0 Å². The quantitative estimate of drug-likeness (QED) is 0.566. The monoisotopic (exact) mass is 426 g/mol. The van der Waals surface area contributed by atoms with Gasteiger partial charge in [0.05, 0.1) is 6.54 Å². The lowest BCUT2D eigenvalue weighted by Gasteiger charge is -2.57. The van der Waals surface area contributed by atoms with E-state index < -0.39 is 0 Å². The molecule has 0 saturated heterocycles. The molecular weight excluding hydrogens is 396 g/mol. The third kappa shape index (κ3) is 3.57. The Labute approximate surface area is 189 Å². The number of benzene rings is 1. The Bertz CT molecular complexity index is 1050. The Morgan fingerprint density at radius 1 is 0.875 bits per heavy atom. The fraction of sp³-hybridized carbons (Fsp3) is 0.423. The minimum atomic E-state index is 0.143. The molecule has 7 rings (SSSR count). The molecular formula is C26H30N6. The summed E-state index contributed by atoms with van der Waals surface area (Å²) in [5.74, 6) is 4.88. The summed E-state index contributed by atoms with van der Waals surface area (Å²) >= 11 is 0. The van der Waals surface area contributed by atoms with E-state index in [9.17, 15) is 0 Å². The van der Waals surface area contributed by atoms with Crippen molar-refractivity contribution in [2.75, 3.05) is 16.0 Å². The summed E-state index contributed by atoms with van der Waals surface area (Å²) in [6.07, 6.45) is 11.4. The van der Waals surface area contributed by atoms with Crippen molar-refractivity contribution < 1.29 is 0 Å². The maximum Gasteiger partial charge on any atom is 0.163 e. The second kappa shape index (κ2) is 7.76. The molecule has 3 aromatic rings. The Balaban J connectivity index is 1.34. The molecule has 2 heterocycles. The summed E-state index contributed by atoms with van der Waals surface area (Å²) in [6.45, 7) is 0.635. The van der Waals surface area contributed by atoms with Crippen LogP contribution in [0.25, 0.3) is 0 Å². The highest BCUT2D eigenvalue weighted by Gasteiger charge is 2.51. The Morgan fingerprint density at radius 3 is 2.22 bits per heavy atom. The van der Waals surface area contributed by atoms with Crippen molar-refractivity contribution in [3.8, 4) is 0 Å². The summed E-state index contributed by atoms with van der Waals surface area (Å²) in [7, 11) is 0. The van der Waals surface area contributed by atoms with Gasteiger partial charge in [0, 0.05) is 11.7 Å². The van der Waals surface area contributed by atoms with E-state index >= 15 is 0 Å². The van der Waals surface area contributed by atoms with Crippen LogP contribution < -0.4 is 16.0 Å². The van der Waals surface area contributed by atoms with Crippen molar-refractivity contribution in [1.82, 2.24) is 15.0 Å². The second-order valence-electron chi connectivity index (χ2n) is 10.0. The molecule has 1 aromatic carbocycles. The highest BCUT2D eigenvalue weighted by molar-refractivity contribution is 5.78. The molecule has 0 amide bonds. The van der Waals surface area contributed by atoms with Gasteiger partial charge in [0.1, 0.15) is 17.8 Å². The first-order valence-corrected chi connectivity index (χ1v) is 11.8. The molecule has 4 bridgehead atoms. The van der Waals surface area contributed by atoms with E-state index in [1.165, 1.54) is 44.1 Å². The standard InChI is InChI=1S/C26H30N6/c27-23-24(31-26-13-19-10-20(14-26)12-21(11-19)15-26)29-17-30-25(23)32(22-8-4-5-9-28-22)16-18-6-2-1-3-7-18/h1-9,17,19-21H,10-16,27H2,(H,29,30,31). The van der Waals surface area contributed by atoms with E-state index in [1.54, 1.807) is 12.5 Å². The molecule has 6 heteroatoms. The summed E-state index contributed by atoms with van der Waals surface area (Å²) in [5.41, 5.74) is 8.66.